The number of hydrogen-bond acceptors (Lipinski definition) is 9. The van der Waals surface area contributed by atoms with Crippen LogP contribution < -0.4 is 0 Å². The standard InChI is InChI=1S/C17H24O9/c1-7-4-9(13(20)16(23)25-3)12(19)8(2)11(7)17(24)6-26-10(5-18)14(21)15(17)22/h4,10,14-16,18-19,21-24H,5-6H2,1-3H3/t10-,14-,15+,16?,17+/m1/s1. The number of aryl methyl sites for hydroxylation is 1. The van der Waals surface area contributed by atoms with Crippen molar-refractivity contribution in [3.05, 3.63) is 28.3 Å². The van der Waals surface area contributed by atoms with Gasteiger partial charge in [-0.15, -0.1) is 0 Å². The van der Waals surface area contributed by atoms with Crippen molar-refractivity contribution in [3.8, 4) is 5.75 Å². The molecule has 0 amide bonds. The van der Waals surface area contributed by atoms with Crippen molar-refractivity contribution in [1.82, 2.24) is 0 Å². The molecule has 6 N–H and O–H groups in total. The highest BCUT2D eigenvalue weighted by molar-refractivity contribution is 6.01. The normalized spacial score (nSPS) is 30.2. The number of rotatable bonds is 5. The van der Waals surface area contributed by atoms with Crippen LogP contribution in [0.3, 0.4) is 0 Å². The summed E-state index contributed by atoms with van der Waals surface area (Å²) in [7, 11) is 1.13. The summed E-state index contributed by atoms with van der Waals surface area (Å²) in [5, 5.41) is 60.5. The van der Waals surface area contributed by atoms with Crippen molar-refractivity contribution in [2.45, 2.75) is 44.1 Å². The number of aliphatic hydroxyl groups is 5. The topological polar surface area (TPSA) is 157 Å². The van der Waals surface area contributed by atoms with Crippen LogP contribution >= 0.6 is 0 Å². The third kappa shape index (κ3) is 3.23. The van der Waals surface area contributed by atoms with Crippen molar-refractivity contribution in [2.75, 3.05) is 20.3 Å². The number of benzene rings is 1. The number of Topliss-reactive ketones (excluding diaryl/α,β-unsaturated/α-hetero) is 1. The smallest absolute Gasteiger partial charge is 0.222 e. The number of carbonyl (C=O) groups excluding carboxylic acids is 1. The highest BCUT2D eigenvalue weighted by atomic mass is 16.6. The predicted octanol–water partition coefficient (Wildman–Crippen LogP) is -1.54. The lowest BCUT2D eigenvalue weighted by Crippen LogP contribution is -2.60. The van der Waals surface area contributed by atoms with Crippen LogP contribution in [0.25, 0.3) is 0 Å². The number of hydrogen-bond donors (Lipinski definition) is 6. The fraction of sp³-hybridized carbons (Fsp3) is 0.588. The van der Waals surface area contributed by atoms with Crippen LogP contribution in [-0.4, -0.2) is 81.3 Å². The van der Waals surface area contributed by atoms with Gasteiger partial charge in [-0.05, 0) is 36.6 Å². The molecule has 26 heavy (non-hydrogen) atoms. The Morgan fingerprint density at radius 2 is 2.04 bits per heavy atom. The van der Waals surface area contributed by atoms with E-state index in [1.165, 1.54) is 19.9 Å². The van der Waals surface area contributed by atoms with E-state index in [1.807, 2.05) is 0 Å². The minimum atomic E-state index is -2.07. The summed E-state index contributed by atoms with van der Waals surface area (Å²) in [5.41, 5.74) is -1.79. The van der Waals surface area contributed by atoms with Gasteiger partial charge in [-0.3, -0.25) is 4.79 Å². The van der Waals surface area contributed by atoms with Crippen LogP contribution in [-0.2, 0) is 15.1 Å². The molecule has 2 rings (SSSR count). The van der Waals surface area contributed by atoms with E-state index in [-0.39, 0.29) is 16.7 Å². The van der Waals surface area contributed by atoms with Gasteiger partial charge in [-0.1, -0.05) is 0 Å². The van der Waals surface area contributed by atoms with Crippen LogP contribution in [0.5, 0.6) is 5.75 Å². The predicted molar refractivity (Wildman–Crippen MR) is 87.7 cm³/mol. The van der Waals surface area contributed by atoms with Crippen molar-refractivity contribution in [1.29, 1.82) is 0 Å². The number of ketones is 1. The van der Waals surface area contributed by atoms with Gasteiger partial charge in [0.15, 0.2) is 0 Å². The van der Waals surface area contributed by atoms with Crippen molar-refractivity contribution in [3.63, 3.8) is 0 Å². The molecule has 0 saturated carbocycles. The molecule has 1 unspecified atom stereocenters. The molecule has 0 bridgehead atoms. The van der Waals surface area contributed by atoms with Gasteiger partial charge in [0.05, 0.1) is 18.8 Å². The van der Waals surface area contributed by atoms with Crippen molar-refractivity contribution >= 4 is 5.78 Å². The van der Waals surface area contributed by atoms with E-state index >= 15 is 0 Å². The molecule has 1 saturated heterocycles. The van der Waals surface area contributed by atoms with Gasteiger partial charge in [0.1, 0.15) is 29.7 Å². The molecule has 9 heteroatoms. The van der Waals surface area contributed by atoms with Crippen LogP contribution in [0.4, 0.5) is 0 Å². The maximum atomic E-state index is 12.1. The zero-order chi connectivity index (χ0) is 19.8. The van der Waals surface area contributed by atoms with E-state index in [9.17, 15) is 30.3 Å². The minimum absolute atomic E-state index is 0.0800. The second-order valence-electron chi connectivity index (χ2n) is 6.43. The first-order valence-electron chi connectivity index (χ1n) is 7.99. The highest BCUT2D eigenvalue weighted by Gasteiger charge is 2.51. The summed E-state index contributed by atoms with van der Waals surface area (Å²) < 4.78 is 9.80. The van der Waals surface area contributed by atoms with Crippen LogP contribution in [0, 0.1) is 13.8 Å². The molecule has 1 heterocycles. The fourth-order valence-corrected chi connectivity index (χ4v) is 3.35. The van der Waals surface area contributed by atoms with Crippen molar-refractivity contribution < 1.29 is 44.9 Å². The number of aromatic hydroxyl groups is 1. The summed E-state index contributed by atoms with van der Waals surface area (Å²) in [6.07, 6.45) is -6.07. The summed E-state index contributed by atoms with van der Waals surface area (Å²) >= 11 is 0. The van der Waals surface area contributed by atoms with Gasteiger partial charge < -0.3 is 40.1 Å². The van der Waals surface area contributed by atoms with Crippen LogP contribution in [0.15, 0.2) is 6.07 Å². The Labute approximate surface area is 150 Å². The van der Waals surface area contributed by atoms with Gasteiger partial charge >= 0.3 is 0 Å². The van der Waals surface area contributed by atoms with E-state index < -0.39 is 54.9 Å². The molecule has 0 radical (unpaired) electrons. The molecule has 0 aromatic heterocycles. The Morgan fingerprint density at radius 3 is 2.58 bits per heavy atom. The zero-order valence-electron chi connectivity index (χ0n) is 14.7. The average molecular weight is 372 g/mol. The van der Waals surface area contributed by atoms with Gasteiger partial charge in [-0.2, -0.15) is 0 Å². The SMILES string of the molecule is COC(O)C(=O)c1cc(C)c([C@@]2(O)CO[C@H](CO)[C@@H](O)[C@@H]2O)c(C)c1O. The molecule has 0 spiro atoms. The number of carbonyl (C=O) groups is 1. The third-order valence-corrected chi connectivity index (χ3v) is 4.78. The number of methoxy groups -OCH3 is 1. The molecule has 1 aliphatic heterocycles. The molecule has 0 aliphatic carbocycles. The summed E-state index contributed by atoms with van der Waals surface area (Å²) in [6.45, 7) is 1.97. The lowest BCUT2D eigenvalue weighted by Gasteiger charge is -2.44. The Bertz CT molecular complexity index is 689. The Hall–Kier alpha value is -1.59. The van der Waals surface area contributed by atoms with Crippen LogP contribution in [0.1, 0.15) is 27.0 Å². The largest absolute Gasteiger partial charge is 0.507 e. The first kappa shape index (κ1) is 20.7. The second kappa shape index (κ2) is 7.57. The van der Waals surface area contributed by atoms with Crippen LogP contribution in [0.2, 0.25) is 0 Å². The van der Waals surface area contributed by atoms with E-state index in [0.717, 1.165) is 7.11 Å². The van der Waals surface area contributed by atoms with Gasteiger partial charge in [0, 0.05) is 7.11 Å². The van der Waals surface area contributed by atoms with Gasteiger partial charge in [0.2, 0.25) is 12.1 Å². The number of ether oxygens (including phenoxy) is 2. The first-order chi connectivity index (χ1) is 12.1. The highest BCUT2D eigenvalue weighted by Crippen LogP contribution is 2.41. The molecule has 1 aliphatic rings. The summed E-state index contributed by atoms with van der Waals surface area (Å²) in [5.74, 6) is -1.36. The molecule has 1 fully saturated rings. The molecular formula is C17H24O9. The van der Waals surface area contributed by atoms with E-state index in [1.54, 1.807) is 0 Å². The molecular weight excluding hydrogens is 348 g/mol. The molecule has 5 atom stereocenters. The average Bonchev–Trinajstić information content (AvgIpc) is 2.62. The maximum Gasteiger partial charge on any atom is 0.222 e. The monoisotopic (exact) mass is 372 g/mol. The fourth-order valence-electron chi connectivity index (χ4n) is 3.35. The molecule has 1 aromatic carbocycles. The zero-order valence-corrected chi connectivity index (χ0v) is 14.7. The molecule has 146 valence electrons. The van der Waals surface area contributed by atoms with E-state index in [4.69, 9.17) is 9.84 Å². The molecule has 1 aromatic rings. The lowest BCUT2D eigenvalue weighted by atomic mass is 9.77. The number of phenols is 1. The molecule has 9 nitrogen and oxygen atoms in total. The van der Waals surface area contributed by atoms with E-state index in [2.05, 4.69) is 4.74 Å². The number of aliphatic hydroxyl groups excluding tert-OH is 4. The lowest BCUT2D eigenvalue weighted by molar-refractivity contribution is -0.245. The first-order valence-corrected chi connectivity index (χ1v) is 7.99. The quantitative estimate of drug-likeness (QED) is 0.266. The minimum Gasteiger partial charge on any atom is -0.507 e. The van der Waals surface area contributed by atoms with E-state index in [0.29, 0.717) is 5.56 Å². The summed E-state index contributed by atoms with van der Waals surface area (Å²) in [6, 6.07) is 1.25. The second-order valence-corrected chi connectivity index (χ2v) is 6.43. The third-order valence-electron chi connectivity index (χ3n) is 4.78. The number of phenolic OH excluding ortho intramolecular Hbond substituents is 1. The summed E-state index contributed by atoms with van der Waals surface area (Å²) in [4.78, 5) is 12.1. The van der Waals surface area contributed by atoms with Crippen molar-refractivity contribution in [2.24, 2.45) is 0 Å². The van der Waals surface area contributed by atoms with Gasteiger partial charge in [-0.25, -0.2) is 0 Å². The maximum absolute atomic E-state index is 12.1. The van der Waals surface area contributed by atoms with Gasteiger partial charge in [0.25, 0.3) is 0 Å². The Morgan fingerprint density at radius 1 is 1.42 bits per heavy atom. The Kier molecular flexibility index (Phi) is 6.03. The Balaban J connectivity index is 2.54.